The summed E-state index contributed by atoms with van der Waals surface area (Å²) in [5, 5.41) is 0. The minimum Gasteiger partial charge on any atom is -0.381 e. The topological polar surface area (TPSA) is 50.3 Å². The number of ether oxygens (including phenoxy) is 1. The number of imidazole rings is 1. The average molecular weight is 366 g/mol. The molecule has 0 amide bonds. The van der Waals surface area contributed by atoms with E-state index in [4.69, 9.17) is 4.74 Å². The van der Waals surface area contributed by atoms with Crippen LogP contribution in [0.3, 0.4) is 0 Å². The molecule has 2 aromatic rings. The molecular formula is C19H28ClN3O2. The number of aryl methyl sites for hydroxylation is 1. The first-order valence-corrected chi connectivity index (χ1v) is 9.25. The van der Waals surface area contributed by atoms with Crippen molar-refractivity contribution in [3.63, 3.8) is 0 Å². The molecular weight excluding hydrogens is 338 g/mol. The minimum atomic E-state index is 0. The summed E-state index contributed by atoms with van der Waals surface area (Å²) in [6, 6.07) is 7.17. The van der Waals surface area contributed by atoms with Gasteiger partial charge < -0.3 is 14.6 Å². The summed E-state index contributed by atoms with van der Waals surface area (Å²) in [6.07, 6.45) is 5.68. The molecule has 2 aliphatic rings. The van der Waals surface area contributed by atoms with E-state index >= 15 is 0 Å². The Morgan fingerprint density at radius 3 is 2.68 bits per heavy atom. The molecule has 2 saturated heterocycles. The predicted octanol–water partition coefficient (Wildman–Crippen LogP) is 3.27. The average Bonchev–Trinajstić information content (AvgIpc) is 2.77. The summed E-state index contributed by atoms with van der Waals surface area (Å²) in [5.74, 6) is 0. The summed E-state index contributed by atoms with van der Waals surface area (Å²) < 4.78 is 7.59. The molecule has 6 heteroatoms. The molecule has 4 rings (SSSR count). The summed E-state index contributed by atoms with van der Waals surface area (Å²) >= 11 is 0. The molecule has 0 aliphatic carbocycles. The first kappa shape index (κ1) is 18.5. The lowest BCUT2D eigenvalue weighted by Gasteiger charge is -2.37. The zero-order chi connectivity index (χ0) is 16.5. The molecule has 138 valence electrons. The SMILES string of the molecule is Cc1ccc2[nH]c(=O)n(C3CCN(C4CCCOCC4)CC3)c2c1.Cl. The van der Waals surface area contributed by atoms with Crippen LogP contribution in [-0.4, -0.2) is 46.8 Å². The lowest BCUT2D eigenvalue weighted by atomic mass is 9.99. The Hall–Kier alpha value is -1.30. The van der Waals surface area contributed by atoms with E-state index in [1.807, 2.05) is 10.6 Å². The molecule has 1 N–H and O–H groups in total. The van der Waals surface area contributed by atoms with E-state index in [9.17, 15) is 4.79 Å². The summed E-state index contributed by atoms with van der Waals surface area (Å²) in [5.41, 5.74) is 3.25. The number of piperidine rings is 1. The third-order valence-corrected chi connectivity index (χ3v) is 5.68. The van der Waals surface area contributed by atoms with Crippen molar-refractivity contribution in [2.24, 2.45) is 0 Å². The lowest BCUT2D eigenvalue weighted by molar-refractivity contribution is 0.108. The van der Waals surface area contributed by atoms with Gasteiger partial charge >= 0.3 is 5.69 Å². The van der Waals surface area contributed by atoms with Gasteiger partial charge in [0.1, 0.15) is 0 Å². The normalized spacial score (nSPS) is 23.3. The first-order valence-electron chi connectivity index (χ1n) is 9.25. The Labute approximate surface area is 154 Å². The van der Waals surface area contributed by atoms with E-state index in [0.717, 1.165) is 56.6 Å². The van der Waals surface area contributed by atoms with Crippen LogP contribution in [-0.2, 0) is 4.74 Å². The fourth-order valence-electron chi connectivity index (χ4n) is 4.36. The lowest BCUT2D eigenvalue weighted by Crippen LogP contribution is -2.43. The number of benzene rings is 1. The Bertz CT molecular complexity index is 754. The molecule has 0 bridgehead atoms. The van der Waals surface area contributed by atoms with Crippen molar-refractivity contribution < 1.29 is 4.74 Å². The van der Waals surface area contributed by atoms with Crippen LogP contribution in [0.2, 0.25) is 0 Å². The van der Waals surface area contributed by atoms with Gasteiger partial charge in [0.25, 0.3) is 0 Å². The van der Waals surface area contributed by atoms with Crippen molar-refractivity contribution >= 4 is 23.4 Å². The largest absolute Gasteiger partial charge is 0.381 e. The second-order valence-corrected chi connectivity index (χ2v) is 7.29. The Morgan fingerprint density at radius 2 is 1.88 bits per heavy atom. The zero-order valence-electron chi connectivity index (χ0n) is 14.9. The summed E-state index contributed by atoms with van der Waals surface area (Å²) in [4.78, 5) is 18.1. The first-order chi connectivity index (χ1) is 11.7. The van der Waals surface area contributed by atoms with Gasteiger partial charge in [-0.05, 0) is 56.7 Å². The van der Waals surface area contributed by atoms with Crippen LogP contribution >= 0.6 is 12.4 Å². The highest BCUT2D eigenvalue weighted by Gasteiger charge is 2.28. The van der Waals surface area contributed by atoms with Gasteiger partial charge in [0.05, 0.1) is 11.0 Å². The highest BCUT2D eigenvalue weighted by molar-refractivity contribution is 5.85. The number of H-pyrrole nitrogens is 1. The van der Waals surface area contributed by atoms with Gasteiger partial charge in [0.15, 0.2) is 0 Å². The Kier molecular flexibility index (Phi) is 5.87. The third-order valence-electron chi connectivity index (χ3n) is 5.68. The molecule has 1 atom stereocenters. The van der Waals surface area contributed by atoms with Crippen molar-refractivity contribution in [3.8, 4) is 0 Å². The second kappa shape index (κ2) is 7.94. The van der Waals surface area contributed by atoms with Crippen LogP contribution in [0.4, 0.5) is 0 Å². The number of hydrogen-bond donors (Lipinski definition) is 1. The molecule has 1 unspecified atom stereocenters. The number of fused-ring (bicyclic) bond motifs is 1. The molecule has 1 aromatic heterocycles. The number of hydrogen-bond acceptors (Lipinski definition) is 3. The van der Waals surface area contributed by atoms with Gasteiger partial charge in [0, 0.05) is 38.4 Å². The molecule has 0 saturated carbocycles. The van der Waals surface area contributed by atoms with E-state index in [1.54, 1.807) is 0 Å². The van der Waals surface area contributed by atoms with Crippen molar-refractivity contribution in [2.45, 2.75) is 51.1 Å². The number of halogens is 1. The molecule has 5 nitrogen and oxygen atoms in total. The highest BCUT2D eigenvalue weighted by atomic mass is 35.5. The van der Waals surface area contributed by atoms with Crippen LogP contribution < -0.4 is 5.69 Å². The van der Waals surface area contributed by atoms with Crippen molar-refractivity contribution in [1.82, 2.24) is 14.5 Å². The number of rotatable bonds is 2. The van der Waals surface area contributed by atoms with Crippen LogP contribution in [0, 0.1) is 6.92 Å². The van der Waals surface area contributed by atoms with Gasteiger partial charge in [0.2, 0.25) is 0 Å². The van der Waals surface area contributed by atoms with E-state index in [2.05, 4.69) is 28.9 Å². The Balaban J connectivity index is 0.00000182. The molecule has 2 aliphatic heterocycles. The maximum absolute atomic E-state index is 12.5. The van der Waals surface area contributed by atoms with Gasteiger partial charge in [-0.1, -0.05) is 6.07 Å². The second-order valence-electron chi connectivity index (χ2n) is 7.29. The van der Waals surface area contributed by atoms with Crippen LogP contribution in [0.15, 0.2) is 23.0 Å². The highest BCUT2D eigenvalue weighted by Crippen LogP contribution is 2.28. The number of nitrogens with zero attached hydrogens (tertiary/aromatic N) is 2. The number of aromatic amines is 1. The summed E-state index contributed by atoms with van der Waals surface area (Å²) in [7, 11) is 0. The van der Waals surface area contributed by atoms with Crippen molar-refractivity contribution in [3.05, 3.63) is 34.2 Å². The predicted molar refractivity (Wildman–Crippen MR) is 103 cm³/mol. The van der Waals surface area contributed by atoms with Gasteiger partial charge in [-0.15, -0.1) is 12.4 Å². The molecule has 2 fully saturated rings. The number of nitrogens with one attached hydrogen (secondary N) is 1. The Morgan fingerprint density at radius 1 is 1.08 bits per heavy atom. The van der Waals surface area contributed by atoms with E-state index in [1.165, 1.54) is 18.4 Å². The zero-order valence-corrected chi connectivity index (χ0v) is 15.7. The minimum absolute atomic E-state index is 0. The van der Waals surface area contributed by atoms with Gasteiger partial charge in [-0.2, -0.15) is 0 Å². The standard InChI is InChI=1S/C19H27N3O2.ClH/c1-14-4-5-17-18(13-14)22(19(23)20-17)16-6-9-21(10-7-16)15-3-2-11-24-12-8-15;/h4-5,13,15-16H,2-3,6-12H2,1H3,(H,20,23);1H. The van der Waals surface area contributed by atoms with Gasteiger partial charge in [-0.3, -0.25) is 4.57 Å². The molecule has 1 aromatic carbocycles. The van der Waals surface area contributed by atoms with Crippen LogP contribution in [0.1, 0.15) is 43.7 Å². The van der Waals surface area contributed by atoms with E-state index < -0.39 is 0 Å². The maximum atomic E-state index is 12.5. The molecule has 3 heterocycles. The fraction of sp³-hybridized carbons (Fsp3) is 0.632. The molecule has 0 spiro atoms. The summed E-state index contributed by atoms with van der Waals surface area (Å²) in [6.45, 7) is 6.06. The quantitative estimate of drug-likeness (QED) is 0.888. The number of likely N-dealkylation sites (tertiary alicyclic amines) is 1. The fourth-order valence-corrected chi connectivity index (χ4v) is 4.36. The van der Waals surface area contributed by atoms with Crippen molar-refractivity contribution in [1.29, 1.82) is 0 Å². The van der Waals surface area contributed by atoms with Gasteiger partial charge in [-0.25, -0.2) is 4.79 Å². The third kappa shape index (κ3) is 3.78. The molecule has 25 heavy (non-hydrogen) atoms. The van der Waals surface area contributed by atoms with Crippen LogP contribution in [0.25, 0.3) is 11.0 Å². The van der Waals surface area contributed by atoms with Crippen LogP contribution in [0.5, 0.6) is 0 Å². The number of aromatic nitrogens is 2. The molecule has 0 radical (unpaired) electrons. The smallest absolute Gasteiger partial charge is 0.326 e. The monoisotopic (exact) mass is 365 g/mol. The van der Waals surface area contributed by atoms with E-state index in [0.29, 0.717) is 12.1 Å². The maximum Gasteiger partial charge on any atom is 0.326 e. The van der Waals surface area contributed by atoms with Crippen molar-refractivity contribution in [2.75, 3.05) is 26.3 Å². The van der Waals surface area contributed by atoms with E-state index in [-0.39, 0.29) is 18.1 Å².